The number of carbonyl (C=O) groups excluding carboxylic acids is 1. The fourth-order valence-corrected chi connectivity index (χ4v) is 0.789. The highest BCUT2D eigenvalue weighted by atomic mass is 16.5. The first-order chi connectivity index (χ1) is 8.10. The van der Waals surface area contributed by atoms with E-state index in [-0.39, 0.29) is 13.2 Å². The van der Waals surface area contributed by atoms with E-state index in [1.54, 1.807) is 0 Å². The summed E-state index contributed by atoms with van der Waals surface area (Å²) in [6, 6.07) is 0.292. The Bertz CT molecular complexity index is 179. The van der Waals surface area contributed by atoms with Gasteiger partial charge in [0.1, 0.15) is 0 Å². The highest BCUT2D eigenvalue weighted by Gasteiger charge is 2.06. The number of carbonyl (C=O) groups is 1. The fraction of sp³-hybridized carbons (Fsp3) is 0.909. The van der Waals surface area contributed by atoms with E-state index in [2.05, 4.69) is 10.6 Å². The van der Waals surface area contributed by atoms with Crippen molar-refractivity contribution in [2.45, 2.75) is 39.3 Å². The van der Waals surface area contributed by atoms with Crippen molar-refractivity contribution in [3.05, 3.63) is 0 Å². The summed E-state index contributed by atoms with van der Waals surface area (Å²) < 4.78 is 4.83. The van der Waals surface area contributed by atoms with Gasteiger partial charge in [-0.25, -0.2) is 4.79 Å². The summed E-state index contributed by atoms with van der Waals surface area (Å²) in [6.45, 7) is 5.92. The van der Waals surface area contributed by atoms with E-state index in [4.69, 9.17) is 14.9 Å². The Morgan fingerprint density at radius 1 is 1.41 bits per heavy atom. The average Bonchev–Trinajstić information content (AvgIpc) is 2.37. The summed E-state index contributed by atoms with van der Waals surface area (Å²) in [6.07, 6.45) is -0.786. The molecule has 0 rings (SSSR count). The van der Waals surface area contributed by atoms with Crippen LogP contribution in [0.4, 0.5) is 4.79 Å². The van der Waals surface area contributed by atoms with Crippen molar-refractivity contribution in [3.63, 3.8) is 0 Å². The molecule has 2 atom stereocenters. The summed E-state index contributed by atoms with van der Waals surface area (Å²) >= 11 is 0. The summed E-state index contributed by atoms with van der Waals surface area (Å²) in [5, 5.41) is 22.8. The van der Waals surface area contributed by atoms with E-state index in [0.29, 0.717) is 12.6 Å². The second-order valence-corrected chi connectivity index (χ2v) is 3.33. The van der Waals surface area contributed by atoms with Crippen molar-refractivity contribution >= 4 is 6.09 Å². The van der Waals surface area contributed by atoms with Gasteiger partial charge < -0.3 is 25.6 Å². The third kappa shape index (κ3) is 13.1. The molecule has 0 bridgehead atoms. The molecule has 0 saturated carbocycles. The number of rotatable bonds is 7. The number of hydrogen-bond acceptors (Lipinski definition) is 5. The minimum atomic E-state index is -0.936. The summed E-state index contributed by atoms with van der Waals surface area (Å²) in [4.78, 5) is 11.0. The number of aliphatic hydroxyl groups is 2. The zero-order chi connectivity index (χ0) is 13.7. The molecule has 0 fully saturated rings. The van der Waals surface area contributed by atoms with Crippen molar-refractivity contribution in [1.82, 2.24) is 10.6 Å². The topological polar surface area (TPSA) is 90.8 Å². The van der Waals surface area contributed by atoms with Crippen molar-refractivity contribution in [2.75, 3.05) is 26.8 Å². The molecule has 0 aliphatic rings. The predicted molar refractivity (Wildman–Crippen MR) is 66.9 cm³/mol. The van der Waals surface area contributed by atoms with Gasteiger partial charge in [-0.3, -0.25) is 0 Å². The third-order valence-electron chi connectivity index (χ3n) is 1.97. The van der Waals surface area contributed by atoms with Gasteiger partial charge in [0.25, 0.3) is 0 Å². The van der Waals surface area contributed by atoms with E-state index in [0.717, 1.165) is 6.42 Å². The van der Waals surface area contributed by atoms with E-state index >= 15 is 0 Å². The molecule has 0 aliphatic heterocycles. The molecule has 6 heteroatoms. The summed E-state index contributed by atoms with van der Waals surface area (Å²) in [5.41, 5.74) is 0. The Balaban J connectivity index is 0. The molecule has 0 saturated heterocycles. The lowest BCUT2D eigenvalue weighted by molar-refractivity contribution is 0.0881. The van der Waals surface area contributed by atoms with Crippen LogP contribution in [-0.2, 0) is 4.74 Å². The van der Waals surface area contributed by atoms with Crippen LogP contribution in [0.2, 0.25) is 0 Å². The minimum absolute atomic E-state index is 0.00306. The van der Waals surface area contributed by atoms with Crippen molar-refractivity contribution < 1.29 is 19.7 Å². The standard InChI is InChI=1S/C9H20N2O4.C2H6/c1-7(10-2)3-4-15-9(14)11-5-8(13)6-12;1-2/h7-8,10,12-13H,3-6H2,1-2H3,(H,11,14);1-2H3. The highest BCUT2D eigenvalue weighted by Crippen LogP contribution is 1.90. The van der Waals surface area contributed by atoms with Crippen LogP contribution < -0.4 is 10.6 Å². The molecule has 0 radical (unpaired) electrons. The van der Waals surface area contributed by atoms with Crippen molar-refractivity contribution in [2.24, 2.45) is 0 Å². The van der Waals surface area contributed by atoms with E-state index in [1.807, 2.05) is 27.8 Å². The van der Waals surface area contributed by atoms with Crippen molar-refractivity contribution in [1.29, 1.82) is 0 Å². The van der Waals surface area contributed by atoms with E-state index in [1.165, 1.54) is 0 Å². The lowest BCUT2D eigenvalue weighted by atomic mass is 10.2. The molecule has 0 aromatic heterocycles. The number of alkyl carbamates (subject to hydrolysis) is 1. The molecule has 0 spiro atoms. The Labute approximate surface area is 103 Å². The van der Waals surface area contributed by atoms with Crippen LogP contribution in [0, 0.1) is 0 Å². The zero-order valence-electron chi connectivity index (χ0n) is 11.2. The molecular formula is C11H26N2O4. The number of hydrogen-bond donors (Lipinski definition) is 4. The van der Waals surface area contributed by atoms with Gasteiger partial charge in [0.15, 0.2) is 0 Å². The second kappa shape index (κ2) is 13.2. The maximum absolute atomic E-state index is 11.0. The minimum Gasteiger partial charge on any atom is -0.450 e. The highest BCUT2D eigenvalue weighted by molar-refractivity contribution is 5.67. The third-order valence-corrected chi connectivity index (χ3v) is 1.97. The van der Waals surface area contributed by atoms with Gasteiger partial charge in [-0.15, -0.1) is 0 Å². The van der Waals surface area contributed by atoms with Crippen molar-refractivity contribution in [3.8, 4) is 0 Å². The Kier molecular flexibility index (Phi) is 14.4. The summed E-state index contributed by atoms with van der Waals surface area (Å²) in [5.74, 6) is 0. The predicted octanol–water partition coefficient (Wildman–Crippen LogP) is 0.0900. The normalized spacial score (nSPS) is 13.1. The van der Waals surface area contributed by atoms with Gasteiger partial charge in [0, 0.05) is 12.6 Å². The quantitative estimate of drug-likeness (QED) is 0.514. The molecule has 0 aliphatic carbocycles. The van der Waals surface area contributed by atoms with Gasteiger partial charge in [-0.1, -0.05) is 13.8 Å². The van der Waals surface area contributed by atoms with E-state index < -0.39 is 12.2 Å². The fourth-order valence-electron chi connectivity index (χ4n) is 0.789. The number of aliphatic hydroxyl groups excluding tert-OH is 2. The molecule has 0 aromatic carbocycles. The lowest BCUT2D eigenvalue weighted by Crippen LogP contribution is -2.35. The largest absolute Gasteiger partial charge is 0.450 e. The maximum Gasteiger partial charge on any atom is 0.407 e. The smallest absolute Gasteiger partial charge is 0.407 e. The maximum atomic E-state index is 11.0. The Hall–Kier alpha value is -0.850. The number of nitrogens with one attached hydrogen (secondary N) is 2. The molecule has 6 nitrogen and oxygen atoms in total. The van der Waals surface area contributed by atoms with Crippen LogP contribution in [-0.4, -0.2) is 55.3 Å². The van der Waals surface area contributed by atoms with Gasteiger partial charge in [0.2, 0.25) is 0 Å². The van der Waals surface area contributed by atoms with Gasteiger partial charge in [-0.05, 0) is 20.4 Å². The molecule has 17 heavy (non-hydrogen) atoms. The first-order valence-corrected chi connectivity index (χ1v) is 5.97. The second-order valence-electron chi connectivity index (χ2n) is 3.33. The van der Waals surface area contributed by atoms with Crippen LogP contribution in [0.3, 0.4) is 0 Å². The zero-order valence-corrected chi connectivity index (χ0v) is 11.2. The molecule has 2 unspecified atom stereocenters. The lowest BCUT2D eigenvalue weighted by Gasteiger charge is -2.12. The monoisotopic (exact) mass is 250 g/mol. The summed E-state index contributed by atoms with van der Waals surface area (Å²) in [7, 11) is 1.84. The van der Waals surface area contributed by atoms with Gasteiger partial charge in [0.05, 0.1) is 19.3 Å². The molecule has 1 amide bonds. The number of ether oxygens (including phenoxy) is 1. The first-order valence-electron chi connectivity index (χ1n) is 5.97. The van der Waals surface area contributed by atoms with Crippen LogP contribution in [0.5, 0.6) is 0 Å². The van der Waals surface area contributed by atoms with Gasteiger partial charge in [-0.2, -0.15) is 0 Å². The molecular weight excluding hydrogens is 224 g/mol. The van der Waals surface area contributed by atoms with Crippen LogP contribution >= 0.6 is 0 Å². The van der Waals surface area contributed by atoms with E-state index in [9.17, 15) is 4.79 Å². The van der Waals surface area contributed by atoms with Crippen LogP contribution in [0.1, 0.15) is 27.2 Å². The molecule has 4 N–H and O–H groups in total. The van der Waals surface area contributed by atoms with Gasteiger partial charge >= 0.3 is 6.09 Å². The van der Waals surface area contributed by atoms with Crippen LogP contribution in [0.25, 0.3) is 0 Å². The first kappa shape index (κ1) is 18.5. The molecule has 0 aromatic rings. The molecule has 104 valence electrons. The Morgan fingerprint density at radius 3 is 2.47 bits per heavy atom. The Morgan fingerprint density at radius 2 is 2.00 bits per heavy atom. The SMILES string of the molecule is CC.CNC(C)CCOC(=O)NCC(O)CO. The number of amides is 1. The average molecular weight is 250 g/mol. The van der Waals surface area contributed by atoms with Crippen LogP contribution in [0.15, 0.2) is 0 Å². The molecule has 0 heterocycles.